The van der Waals surface area contributed by atoms with Crippen LogP contribution in [-0.4, -0.2) is 42.5 Å². The summed E-state index contributed by atoms with van der Waals surface area (Å²) in [5.74, 6) is 0.807. The van der Waals surface area contributed by atoms with E-state index in [4.69, 9.17) is 0 Å². The van der Waals surface area contributed by atoms with Crippen LogP contribution in [0.2, 0.25) is 0 Å². The highest BCUT2D eigenvalue weighted by atomic mass is 16.1. The average Bonchev–Trinajstić information content (AvgIpc) is 3.05. The van der Waals surface area contributed by atoms with Crippen molar-refractivity contribution in [2.24, 2.45) is 4.99 Å². The van der Waals surface area contributed by atoms with E-state index in [0.29, 0.717) is 13.0 Å². The molecule has 1 aromatic heterocycles. The van der Waals surface area contributed by atoms with Gasteiger partial charge < -0.3 is 20.9 Å². The van der Waals surface area contributed by atoms with Crippen molar-refractivity contribution >= 4 is 22.8 Å². The zero-order valence-corrected chi connectivity index (χ0v) is 16.1. The Morgan fingerprint density at radius 2 is 2.04 bits per heavy atom. The van der Waals surface area contributed by atoms with Crippen LogP contribution in [0.4, 0.5) is 0 Å². The number of carbonyl (C=O) groups is 1. The van der Waals surface area contributed by atoms with Crippen LogP contribution in [0, 0.1) is 0 Å². The van der Waals surface area contributed by atoms with Crippen molar-refractivity contribution in [1.82, 2.24) is 20.9 Å². The predicted molar refractivity (Wildman–Crippen MR) is 108 cm³/mol. The van der Waals surface area contributed by atoms with Crippen LogP contribution in [0.5, 0.6) is 0 Å². The summed E-state index contributed by atoms with van der Waals surface area (Å²) in [6.07, 6.45) is 4.31. The Balaban J connectivity index is 1.80. The number of amides is 1. The quantitative estimate of drug-likeness (QED) is 0.411. The van der Waals surface area contributed by atoms with Crippen LogP contribution >= 0.6 is 0 Å². The molecule has 0 aliphatic carbocycles. The number of para-hydroxylation sites is 1. The van der Waals surface area contributed by atoms with Crippen LogP contribution in [0.15, 0.2) is 35.5 Å². The van der Waals surface area contributed by atoms with Gasteiger partial charge in [-0.3, -0.25) is 9.79 Å². The van der Waals surface area contributed by atoms with Gasteiger partial charge >= 0.3 is 0 Å². The van der Waals surface area contributed by atoms with E-state index in [-0.39, 0.29) is 11.9 Å². The number of carbonyl (C=O) groups excluding carboxylic acids is 1. The number of hydrogen-bond acceptors (Lipinski definition) is 2. The first-order valence-corrected chi connectivity index (χ1v) is 9.50. The summed E-state index contributed by atoms with van der Waals surface area (Å²) in [6, 6.07) is 8.53. The molecule has 0 bridgehead atoms. The van der Waals surface area contributed by atoms with Crippen LogP contribution in [0.3, 0.4) is 0 Å². The number of H-pyrrole nitrogens is 1. The average molecular weight is 358 g/mol. The highest BCUT2D eigenvalue weighted by Gasteiger charge is 2.06. The van der Waals surface area contributed by atoms with Crippen molar-refractivity contribution in [3.05, 3.63) is 36.0 Å². The fourth-order valence-corrected chi connectivity index (χ4v) is 2.71. The number of aliphatic imine (C=N–C) groups is 1. The zero-order valence-electron chi connectivity index (χ0n) is 16.1. The third-order valence-corrected chi connectivity index (χ3v) is 4.33. The SMILES string of the molecule is CCNC(=NCCC(=O)NC(C)CC)NCCc1c[nH]c2ccccc12. The first kappa shape index (κ1) is 19.8. The van der Waals surface area contributed by atoms with Gasteiger partial charge in [0.05, 0.1) is 6.54 Å². The summed E-state index contributed by atoms with van der Waals surface area (Å²) in [7, 11) is 0. The smallest absolute Gasteiger partial charge is 0.222 e. The number of aromatic nitrogens is 1. The molecule has 0 aliphatic rings. The molecule has 0 aliphatic heterocycles. The Kier molecular flexibility index (Phi) is 7.99. The number of aromatic amines is 1. The number of benzene rings is 1. The predicted octanol–water partition coefficient (Wildman–Crippen LogP) is 2.57. The van der Waals surface area contributed by atoms with Crippen molar-refractivity contribution in [2.75, 3.05) is 19.6 Å². The number of hydrogen-bond donors (Lipinski definition) is 4. The molecular formula is C20H31N5O. The Labute approximate surface area is 155 Å². The summed E-state index contributed by atoms with van der Waals surface area (Å²) in [4.78, 5) is 19.6. The molecule has 1 aromatic carbocycles. The summed E-state index contributed by atoms with van der Waals surface area (Å²) in [5.41, 5.74) is 2.45. The number of nitrogens with zero attached hydrogens (tertiary/aromatic N) is 1. The molecule has 1 unspecified atom stereocenters. The zero-order chi connectivity index (χ0) is 18.8. The highest BCUT2D eigenvalue weighted by molar-refractivity contribution is 5.83. The molecule has 0 fully saturated rings. The Bertz CT molecular complexity index is 722. The van der Waals surface area contributed by atoms with Gasteiger partial charge in [0.25, 0.3) is 0 Å². The van der Waals surface area contributed by atoms with Crippen molar-refractivity contribution in [3.8, 4) is 0 Å². The summed E-state index contributed by atoms with van der Waals surface area (Å²) in [5, 5.41) is 10.8. The second-order valence-electron chi connectivity index (χ2n) is 6.42. The normalized spacial score (nSPS) is 12.8. The highest BCUT2D eigenvalue weighted by Crippen LogP contribution is 2.17. The van der Waals surface area contributed by atoms with Crippen LogP contribution in [0.25, 0.3) is 10.9 Å². The van der Waals surface area contributed by atoms with Crippen molar-refractivity contribution < 1.29 is 4.79 Å². The molecule has 1 atom stereocenters. The maximum Gasteiger partial charge on any atom is 0.222 e. The lowest BCUT2D eigenvalue weighted by atomic mass is 10.1. The van der Waals surface area contributed by atoms with Gasteiger partial charge in [0.15, 0.2) is 5.96 Å². The molecule has 6 nitrogen and oxygen atoms in total. The van der Waals surface area contributed by atoms with Gasteiger partial charge in [-0.1, -0.05) is 25.1 Å². The second kappa shape index (κ2) is 10.5. The summed E-state index contributed by atoms with van der Waals surface area (Å²) < 4.78 is 0. The van der Waals surface area contributed by atoms with Crippen molar-refractivity contribution in [1.29, 1.82) is 0 Å². The van der Waals surface area contributed by atoms with Gasteiger partial charge in [-0.25, -0.2) is 0 Å². The van der Waals surface area contributed by atoms with Gasteiger partial charge in [0.1, 0.15) is 0 Å². The molecule has 1 amide bonds. The van der Waals surface area contributed by atoms with Gasteiger partial charge in [-0.2, -0.15) is 0 Å². The molecule has 0 saturated carbocycles. The third kappa shape index (κ3) is 6.10. The van der Waals surface area contributed by atoms with E-state index in [2.05, 4.69) is 57.2 Å². The Morgan fingerprint density at radius 3 is 2.81 bits per heavy atom. The van der Waals surface area contributed by atoms with E-state index in [1.54, 1.807) is 0 Å². The summed E-state index contributed by atoms with van der Waals surface area (Å²) in [6.45, 7) is 8.16. The molecule has 0 saturated heterocycles. The fraction of sp³-hybridized carbons (Fsp3) is 0.500. The molecule has 0 spiro atoms. The monoisotopic (exact) mass is 357 g/mol. The minimum Gasteiger partial charge on any atom is -0.361 e. The lowest BCUT2D eigenvalue weighted by Gasteiger charge is -2.12. The van der Waals surface area contributed by atoms with Gasteiger partial charge in [0, 0.05) is 42.7 Å². The van der Waals surface area contributed by atoms with E-state index in [1.165, 1.54) is 10.9 Å². The minimum atomic E-state index is 0.0535. The van der Waals surface area contributed by atoms with Crippen LogP contribution in [-0.2, 0) is 11.2 Å². The lowest BCUT2D eigenvalue weighted by molar-refractivity contribution is -0.121. The fourth-order valence-electron chi connectivity index (χ4n) is 2.71. The molecule has 1 heterocycles. The molecule has 2 aromatic rings. The van der Waals surface area contributed by atoms with E-state index in [0.717, 1.165) is 37.4 Å². The van der Waals surface area contributed by atoms with Crippen molar-refractivity contribution in [3.63, 3.8) is 0 Å². The summed E-state index contributed by atoms with van der Waals surface area (Å²) >= 11 is 0. The molecule has 0 radical (unpaired) electrons. The number of rotatable bonds is 9. The van der Waals surface area contributed by atoms with Gasteiger partial charge in [0.2, 0.25) is 5.91 Å². The first-order chi connectivity index (χ1) is 12.6. The lowest BCUT2D eigenvalue weighted by Crippen LogP contribution is -2.38. The molecule has 2 rings (SSSR count). The van der Waals surface area contributed by atoms with E-state index in [1.807, 2.05) is 19.9 Å². The largest absolute Gasteiger partial charge is 0.361 e. The first-order valence-electron chi connectivity index (χ1n) is 9.50. The molecule has 26 heavy (non-hydrogen) atoms. The maximum atomic E-state index is 11.8. The number of fused-ring (bicyclic) bond motifs is 1. The molecule has 4 N–H and O–H groups in total. The Hall–Kier alpha value is -2.50. The topological polar surface area (TPSA) is 81.3 Å². The number of nitrogens with one attached hydrogen (secondary N) is 4. The van der Waals surface area contributed by atoms with E-state index in [9.17, 15) is 4.79 Å². The standard InChI is InChI=1S/C20H31N5O/c1-4-15(3)25-19(26)11-13-23-20(21-5-2)22-12-10-16-14-24-18-9-7-6-8-17(16)18/h6-9,14-15,24H,4-5,10-13H2,1-3H3,(H,25,26)(H2,21,22,23). The molecular weight excluding hydrogens is 326 g/mol. The second-order valence-corrected chi connectivity index (χ2v) is 6.42. The van der Waals surface area contributed by atoms with Gasteiger partial charge in [-0.05, 0) is 38.3 Å². The Morgan fingerprint density at radius 1 is 1.23 bits per heavy atom. The van der Waals surface area contributed by atoms with E-state index < -0.39 is 0 Å². The van der Waals surface area contributed by atoms with Crippen LogP contribution < -0.4 is 16.0 Å². The number of guanidine groups is 1. The van der Waals surface area contributed by atoms with E-state index >= 15 is 0 Å². The van der Waals surface area contributed by atoms with Gasteiger partial charge in [-0.15, -0.1) is 0 Å². The third-order valence-electron chi connectivity index (χ3n) is 4.33. The van der Waals surface area contributed by atoms with Crippen LogP contribution in [0.1, 0.15) is 39.2 Å². The minimum absolute atomic E-state index is 0.0535. The molecule has 6 heteroatoms. The van der Waals surface area contributed by atoms with Crippen molar-refractivity contribution in [2.45, 2.75) is 46.1 Å². The maximum absolute atomic E-state index is 11.8. The molecule has 142 valence electrons.